The fourth-order valence-corrected chi connectivity index (χ4v) is 3.79. The fourth-order valence-electron chi connectivity index (χ4n) is 2.81. The molecule has 2 saturated heterocycles. The van der Waals surface area contributed by atoms with Gasteiger partial charge < -0.3 is 10.2 Å². The van der Waals surface area contributed by atoms with Gasteiger partial charge in [-0.3, -0.25) is 0 Å². The highest BCUT2D eigenvalue weighted by Gasteiger charge is 2.32. The number of fused-ring (bicyclic) bond motifs is 1. The zero-order chi connectivity index (χ0) is 12.5. The van der Waals surface area contributed by atoms with Gasteiger partial charge in [-0.2, -0.15) is 0 Å². The van der Waals surface area contributed by atoms with E-state index in [0.717, 1.165) is 38.0 Å². The van der Waals surface area contributed by atoms with Gasteiger partial charge in [-0.15, -0.1) is 0 Å². The van der Waals surface area contributed by atoms with Crippen molar-refractivity contribution in [3.63, 3.8) is 0 Å². The summed E-state index contributed by atoms with van der Waals surface area (Å²) in [7, 11) is -2.88. The van der Waals surface area contributed by atoms with Crippen molar-refractivity contribution < 1.29 is 8.42 Å². The van der Waals surface area contributed by atoms with Crippen molar-refractivity contribution in [3.05, 3.63) is 0 Å². The van der Waals surface area contributed by atoms with Crippen LogP contribution in [0.15, 0.2) is 0 Å². The molecule has 0 spiro atoms. The zero-order valence-corrected chi connectivity index (χ0v) is 11.7. The van der Waals surface area contributed by atoms with Crippen LogP contribution < -0.4 is 5.32 Å². The molecule has 2 aliphatic rings. The van der Waals surface area contributed by atoms with Gasteiger partial charge >= 0.3 is 0 Å². The van der Waals surface area contributed by atoms with Crippen molar-refractivity contribution in [2.24, 2.45) is 11.8 Å². The second-order valence-electron chi connectivity index (χ2n) is 5.68. The first-order chi connectivity index (χ1) is 7.99. The number of hydrogen-bond donors (Lipinski definition) is 1. The molecule has 0 saturated carbocycles. The van der Waals surface area contributed by atoms with Gasteiger partial charge in [0.15, 0.2) is 9.84 Å². The summed E-state index contributed by atoms with van der Waals surface area (Å²) in [6.45, 7) is 8.65. The van der Waals surface area contributed by atoms with Crippen molar-refractivity contribution in [1.82, 2.24) is 10.2 Å². The molecule has 5 heteroatoms. The Balaban J connectivity index is 1.81. The predicted octanol–water partition coefficient (Wildman–Crippen LogP) is 0.351. The molecule has 0 aromatic carbocycles. The summed E-state index contributed by atoms with van der Waals surface area (Å²) in [4.78, 5) is 2.33. The van der Waals surface area contributed by atoms with Gasteiger partial charge in [0.2, 0.25) is 0 Å². The smallest absolute Gasteiger partial charge is 0.153 e. The van der Waals surface area contributed by atoms with Crippen LogP contribution in [0.3, 0.4) is 0 Å². The van der Waals surface area contributed by atoms with E-state index < -0.39 is 9.84 Å². The number of hydrogen-bond acceptors (Lipinski definition) is 4. The number of nitrogens with zero attached hydrogens (tertiary/aromatic N) is 1. The highest BCUT2D eigenvalue weighted by molar-refractivity contribution is 7.92. The van der Waals surface area contributed by atoms with E-state index in [1.807, 2.05) is 0 Å². The van der Waals surface area contributed by atoms with Gasteiger partial charge in [-0.05, 0) is 51.7 Å². The lowest BCUT2D eigenvalue weighted by Gasteiger charge is -2.34. The summed E-state index contributed by atoms with van der Waals surface area (Å²) in [6, 6.07) is 0. The zero-order valence-electron chi connectivity index (χ0n) is 10.9. The minimum atomic E-state index is -2.88. The van der Waals surface area contributed by atoms with Crippen LogP contribution in [-0.2, 0) is 9.84 Å². The lowest BCUT2D eigenvalue weighted by molar-refractivity contribution is 0.156. The first-order valence-corrected chi connectivity index (χ1v) is 8.35. The van der Waals surface area contributed by atoms with Crippen molar-refractivity contribution >= 4 is 9.84 Å². The number of sulfone groups is 1. The lowest BCUT2D eigenvalue weighted by atomic mass is 9.89. The second-order valence-corrected chi connectivity index (χ2v) is 8.36. The molecule has 0 aliphatic carbocycles. The first-order valence-electron chi connectivity index (χ1n) is 6.63. The van der Waals surface area contributed by atoms with Crippen LogP contribution >= 0.6 is 0 Å². The van der Waals surface area contributed by atoms with Crippen molar-refractivity contribution in [3.8, 4) is 0 Å². The van der Waals surface area contributed by atoms with Crippen LogP contribution in [0.4, 0.5) is 0 Å². The quantitative estimate of drug-likeness (QED) is 0.792. The second kappa shape index (κ2) is 5.24. The van der Waals surface area contributed by atoms with E-state index in [-0.39, 0.29) is 5.25 Å². The Labute approximate surface area is 105 Å². The average Bonchev–Trinajstić information content (AvgIpc) is 2.73. The Morgan fingerprint density at radius 3 is 2.71 bits per heavy atom. The maximum atomic E-state index is 11.8. The maximum absolute atomic E-state index is 11.8. The Bertz CT molecular complexity index is 354. The molecule has 0 aromatic heterocycles. The molecule has 2 heterocycles. The van der Waals surface area contributed by atoms with E-state index in [1.165, 1.54) is 6.42 Å². The van der Waals surface area contributed by atoms with Gasteiger partial charge in [0.1, 0.15) is 0 Å². The van der Waals surface area contributed by atoms with Gasteiger partial charge in [0.05, 0.1) is 11.0 Å². The van der Waals surface area contributed by atoms with Crippen LogP contribution in [0, 0.1) is 11.8 Å². The topological polar surface area (TPSA) is 49.4 Å². The van der Waals surface area contributed by atoms with Crippen molar-refractivity contribution in [2.75, 3.05) is 38.5 Å². The van der Waals surface area contributed by atoms with Gasteiger partial charge in [-0.25, -0.2) is 8.42 Å². The summed E-state index contributed by atoms with van der Waals surface area (Å²) >= 11 is 0. The Morgan fingerprint density at radius 2 is 2.00 bits per heavy atom. The van der Waals surface area contributed by atoms with E-state index in [2.05, 4.69) is 10.2 Å². The average molecular weight is 260 g/mol. The molecule has 2 rings (SSSR count). The molecule has 2 aliphatic heterocycles. The highest BCUT2D eigenvalue weighted by atomic mass is 32.2. The number of piperidine rings is 1. The summed E-state index contributed by atoms with van der Waals surface area (Å²) in [6.07, 6.45) is 1.22. The molecule has 0 bridgehead atoms. The van der Waals surface area contributed by atoms with E-state index >= 15 is 0 Å². The third-order valence-electron chi connectivity index (χ3n) is 4.20. The van der Waals surface area contributed by atoms with E-state index in [0.29, 0.717) is 12.3 Å². The van der Waals surface area contributed by atoms with E-state index in [1.54, 1.807) is 13.8 Å². The monoisotopic (exact) mass is 260 g/mol. The lowest BCUT2D eigenvalue weighted by Crippen LogP contribution is -2.42. The largest absolute Gasteiger partial charge is 0.316 e. The maximum Gasteiger partial charge on any atom is 0.153 e. The molecule has 0 aromatic rings. The highest BCUT2D eigenvalue weighted by Crippen LogP contribution is 2.26. The van der Waals surface area contributed by atoms with Crippen LogP contribution in [0.1, 0.15) is 20.3 Å². The minimum Gasteiger partial charge on any atom is -0.316 e. The number of nitrogens with one attached hydrogen (secondary N) is 1. The van der Waals surface area contributed by atoms with E-state index in [4.69, 9.17) is 0 Å². The molecule has 0 amide bonds. The molecular formula is C12H24N2O2S. The molecule has 2 unspecified atom stereocenters. The Hall–Kier alpha value is -0.130. The molecule has 100 valence electrons. The SMILES string of the molecule is CC(C)S(=O)(=O)CCN1CCC2CNCC2C1. The summed E-state index contributed by atoms with van der Waals surface area (Å²) < 4.78 is 23.5. The standard InChI is InChI=1S/C12H24N2O2S/c1-10(2)17(15,16)6-5-14-4-3-11-7-13-8-12(11)9-14/h10-13H,3-9H2,1-2H3. The van der Waals surface area contributed by atoms with Crippen LogP contribution in [0.5, 0.6) is 0 Å². The Kier molecular flexibility index (Phi) is 4.10. The molecule has 4 nitrogen and oxygen atoms in total. The van der Waals surface area contributed by atoms with Gasteiger partial charge in [-0.1, -0.05) is 0 Å². The summed E-state index contributed by atoms with van der Waals surface area (Å²) in [5.41, 5.74) is 0. The normalized spacial score (nSPS) is 30.8. The van der Waals surface area contributed by atoms with Crippen molar-refractivity contribution in [1.29, 1.82) is 0 Å². The fraction of sp³-hybridized carbons (Fsp3) is 1.00. The third kappa shape index (κ3) is 3.20. The Morgan fingerprint density at radius 1 is 1.29 bits per heavy atom. The number of likely N-dealkylation sites (tertiary alicyclic amines) is 1. The van der Waals surface area contributed by atoms with Gasteiger partial charge in [0, 0.05) is 13.1 Å². The summed E-state index contributed by atoms with van der Waals surface area (Å²) in [5.74, 6) is 1.88. The third-order valence-corrected chi connectivity index (χ3v) is 6.39. The number of rotatable bonds is 4. The molecule has 2 atom stereocenters. The van der Waals surface area contributed by atoms with Crippen molar-refractivity contribution in [2.45, 2.75) is 25.5 Å². The molecule has 1 N–H and O–H groups in total. The predicted molar refractivity (Wildman–Crippen MR) is 69.8 cm³/mol. The first kappa shape index (κ1) is 13.3. The molecular weight excluding hydrogens is 236 g/mol. The molecule has 2 fully saturated rings. The van der Waals surface area contributed by atoms with Crippen LogP contribution in [-0.4, -0.2) is 57.0 Å². The molecule has 0 radical (unpaired) electrons. The van der Waals surface area contributed by atoms with E-state index in [9.17, 15) is 8.42 Å². The molecule has 17 heavy (non-hydrogen) atoms. The van der Waals surface area contributed by atoms with Crippen LogP contribution in [0.25, 0.3) is 0 Å². The summed E-state index contributed by atoms with van der Waals surface area (Å²) in [5, 5.41) is 3.19. The van der Waals surface area contributed by atoms with Gasteiger partial charge in [0.25, 0.3) is 0 Å². The van der Waals surface area contributed by atoms with Crippen LogP contribution in [0.2, 0.25) is 0 Å². The minimum absolute atomic E-state index is 0.242.